The summed E-state index contributed by atoms with van der Waals surface area (Å²) in [4.78, 5) is 0. The van der Waals surface area contributed by atoms with Crippen LogP contribution in [0.5, 0.6) is 0 Å². The van der Waals surface area contributed by atoms with E-state index in [1.165, 1.54) is 193 Å². The Morgan fingerprint density at radius 2 is 0.429 bits per heavy atom. The molecule has 0 nitrogen and oxygen atoms in total. The molecule has 0 unspecified atom stereocenters. The van der Waals surface area contributed by atoms with Gasteiger partial charge < -0.3 is 0 Å². The minimum atomic E-state index is 0.628. The molecule has 0 atom stereocenters. The van der Waals surface area contributed by atoms with Crippen molar-refractivity contribution in [3.63, 3.8) is 0 Å². The third-order valence-corrected chi connectivity index (χ3v) is 8.65. The second kappa shape index (κ2) is 28.6. The highest BCUT2D eigenvalue weighted by Crippen LogP contribution is 2.37. The van der Waals surface area contributed by atoms with Gasteiger partial charge in [0.1, 0.15) is 0 Å². The molecule has 0 saturated carbocycles. The maximum Gasteiger partial charge on any atom is -0.0326 e. The molecule has 0 aromatic heterocycles. The van der Waals surface area contributed by atoms with Crippen molar-refractivity contribution in [2.45, 2.75) is 220 Å². The molecule has 0 aromatic carbocycles. The quantitative estimate of drug-likeness (QED) is 0.0874. The fraction of sp³-hybridized carbons (Fsp3) is 1.00. The summed E-state index contributed by atoms with van der Waals surface area (Å²) in [6, 6.07) is 0. The first-order valence-electron chi connectivity index (χ1n) is 17.2. The molecule has 0 rings (SSSR count). The molecule has 0 aliphatic rings. The third kappa shape index (κ3) is 26.9. The second-order valence-corrected chi connectivity index (χ2v) is 12.5. The van der Waals surface area contributed by atoms with Gasteiger partial charge in [0.2, 0.25) is 0 Å². The van der Waals surface area contributed by atoms with E-state index in [0.29, 0.717) is 5.41 Å². The molecule has 212 valence electrons. The Morgan fingerprint density at radius 3 is 0.629 bits per heavy atom. The lowest BCUT2D eigenvalue weighted by atomic mass is 9.75. The van der Waals surface area contributed by atoms with Crippen LogP contribution < -0.4 is 0 Å². The Morgan fingerprint density at radius 1 is 0.257 bits per heavy atom. The van der Waals surface area contributed by atoms with Crippen molar-refractivity contribution in [3.05, 3.63) is 0 Å². The van der Waals surface area contributed by atoms with E-state index in [-0.39, 0.29) is 0 Å². The van der Waals surface area contributed by atoms with E-state index in [4.69, 9.17) is 0 Å². The first-order chi connectivity index (χ1) is 17.2. The molecule has 35 heavy (non-hydrogen) atoms. The molecule has 0 saturated heterocycles. The third-order valence-electron chi connectivity index (χ3n) is 8.65. The van der Waals surface area contributed by atoms with Crippen LogP contribution in [0.25, 0.3) is 0 Å². The second-order valence-electron chi connectivity index (χ2n) is 12.5. The zero-order valence-electron chi connectivity index (χ0n) is 25.7. The Labute approximate surface area is 225 Å². The summed E-state index contributed by atoms with van der Waals surface area (Å²) in [5.74, 6) is 0. The minimum absolute atomic E-state index is 0.628. The zero-order valence-corrected chi connectivity index (χ0v) is 25.7. The molecule has 0 bridgehead atoms. The fourth-order valence-corrected chi connectivity index (χ4v) is 5.96. The summed E-state index contributed by atoms with van der Waals surface area (Å²) in [7, 11) is 0. The van der Waals surface area contributed by atoms with Gasteiger partial charge in [-0.05, 0) is 24.7 Å². The Kier molecular flexibility index (Phi) is 28.6. The van der Waals surface area contributed by atoms with E-state index in [1.807, 2.05) is 0 Å². The number of unbranched alkanes of at least 4 members (excludes halogenated alkanes) is 24. The van der Waals surface area contributed by atoms with Crippen molar-refractivity contribution in [3.8, 4) is 0 Å². The first kappa shape index (κ1) is 35.0. The van der Waals surface area contributed by atoms with Crippen LogP contribution in [0.1, 0.15) is 220 Å². The summed E-state index contributed by atoms with van der Waals surface area (Å²) in [5.41, 5.74) is 0.628. The molecule has 0 spiro atoms. The summed E-state index contributed by atoms with van der Waals surface area (Å²) in [6.45, 7) is 9.62. The Hall–Kier alpha value is 0. The van der Waals surface area contributed by atoms with Gasteiger partial charge in [0.15, 0.2) is 0 Å². The largest absolute Gasteiger partial charge is 0.0654 e. The molecule has 0 N–H and O–H groups in total. The van der Waals surface area contributed by atoms with Crippen LogP contribution in [0.4, 0.5) is 0 Å². The van der Waals surface area contributed by atoms with Crippen LogP contribution in [0.3, 0.4) is 0 Å². The Balaban J connectivity index is 4.05. The van der Waals surface area contributed by atoms with Crippen LogP contribution in [0.15, 0.2) is 0 Å². The zero-order chi connectivity index (χ0) is 25.7. The van der Waals surface area contributed by atoms with Crippen LogP contribution in [0, 0.1) is 5.41 Å². The van der Waals surface area contributed by atoms with Gasteiger partial charge in [0.05, 0.1) is 0 Å². The summed E-state index contributed by atoms with van der Waals surface area (Å²) >= 11 is 0. The number of hydrogen-bond donors (Lipinski definition) is 0. The molecule has 0 aromatic rings. The Bertz CT molecular complexity index is 315. The molecule has 0 amide bonds. The number of rotatable bonds is 30. The van der Waals surface area contributed by atoms with Crippen molar-refractivity contribution >= 4 is 0 Å². The molecule has 0 fully saturated rings. The van der Waals surface area contributed by atoms with Crippen molar-refractivity contribution in [1.29, 1.82) is 0 Å². The van der Waals surface area contributed by atoms with Crippen LogP contribution >= 0.6 is 0 Å². The van der Waals surface area contributed by atoms with Gasteiger partial charge >= 0.3 is 0 Å². The predicted molar refractivity (Wildman–Crippen MR) is 164 cm³/mol. The highest BCUT2D eigenvalue weighted by atomic mass is 14.3. The van der Waals surface area contributed by atoms with Gasteiger partial charge in [-0.25, -0.2) is 0 Å². The highest BCUT2D eigenvalue weighted by molar-refractivity contribution is 4.75. The molecular formula is C35H72. The molecule has 0 radical (unpaired) electrons. The minimum Gasteiger partial charge on any atom is -0.0654 e. The lowest BCUT2D eigenvalue weighted by Crippen LogP contribution is -2.16. The van der Waals surface area contributed by atoms with Crippen LogP contribution in [-0.2, 0) is 0 Å². The molecular weight excluding hydrogens is 420 g/mol. The average molecular weight is 493 g/mol. The predicted octanol–water partition coefficient (Wildman–Crippen LogP) is 13.8. The van der Waals surface area contributed by atoms with E-state index in [9.17, 15) is 0 Å². The van der Waals surface area contributed by atoms with E-state index in [1.54, 1.807) is 0 Å². The first-order valence-corrected chi connectivity index (χ1v) is 17.2. The van der Waals surface area contributed by atoms with Crippen LogP contribution in [-0.4, -0.2) is 0 Å². The SMILES string of the molecule is CCCCCCCCCCCC(C)(CCCCCCCCCCC)CCCCCCCCCCC. The smallest absolute Gasteiger partial charge is 0.0326 e. The lowest BCUT2D eigenvalue weighted by Gasteiger charge is -2.30. The standard InChI is InChI=1S/C35H72/c1-5-8-11-14-17-20-23-26-29-32-35(4,33-30-27-24-21-18-15-12-9-6-2)34-31-28-25-22-19-16-13-10-7-3/h5-34H2,1-4H3. The normalized spacial score (nSPS) is 12.0. The van der Waals surface area contributed by atoms with Gasteiger partial charge in [0, 0.05) is 0 Å². The topological polar surface area (TPSA) is 0 Å². The van der Waals surface area contributed by atoms with Gasteiger partial charge in [-0.2, -0.15) is 0 Å². The van der Waals surface area contributed by atoms with Crippen molar-refractivity contribution < 1.29 is 0 Å². The van der Waals surface area contributed by atoms with Gasteiger partial charge in [-0.3, -0.25) is 0 Å². The van der Waals surface area contributed by atoms with Crippen molar-refractivity contribution in [1.82, 2.24) is 0 Å². The summed E-state index contributed by atoms with van der Waals surface area (Å²) in [6.07, 6.45) is 44.0. The van der Waals surface area contributed by atoms with E-state index >= 15 is 0 Å². The van der Waals surface area contributed by atoms with E-state index in [0.717, 1.165) is 0 Å². The highest BCUT2D eigenvalue weighted by Gasteiger charge is 2.22. The van der Waals surface area contributed by atoms with Gasteiger partial charge in [-0.15, -0.1) is 0 Å². The lowest BCUT2D eigenvalue weighted by molar-refractivity contribution is 0.222. The summed E-state index contributed by atoms with van der Waals surface area (Å²) < 4.78 is 0. The van der Waals surface area contributed by atoms with Crippen LogP contribution in [0.2, 0.25) is 0 Å². The number of hydrogen-bond acceptors (Lipinski definition) is 0. The molecule has 0 heterocycles. The maximum absolute atomic E-state index is 2.66. The molecule has 0 heteroatoms. The van der Waals surface area contributed by atoms with E-state index < -0.39 is 0 Å². The van der Waals surface area contributed by atoms with E-state index in [2.05, 4.69) is 27.7 Å². The maximum atomic E-state index is 2.66. The monoisotopic (exact) mass is 493 g/mol. The van der Waals surface area contributed by atoms with Gasteiger partial charge in [0.25, 0.3) is 0 Å². The summed E-state index contributed by atoms with van der Waals surface area (Å²) in [5, 5.41) is 0. The van der Waals surface area contributed by atoms with Gasteiger partial charge in [-0.1, -0.05) is 201 Å². The van der Waals surface area contributed by atoms with Crippen molar-refractivity contribution in [2.75, 3.05) is 0 Å². The fourth-order valence-electron chi connectivity index (χ4n) is 5.96. The van der Waals surface area contributed by atoms with Crippen molar-refractivity contribution in [2.24, 2.45) is 5.41 Å². The molecule has 0 aliphatic heterocycles. The molecule has 0 aliphatic carbocycles. The average Bonchev–Trinajstić information content (AvgIpc) is 2.86.